The highest BCUT2D eigenvalue weighted by Crippen LogP contribution is 2.29. The average molecular weight is 356 g/mol. The Kier molecular flexibility index (Phi) is 4.99. The maximum absolute atomic E-state index is 4.73. The Morgan fingerprint density at radius 2 is 2.12 bits per heavy atom. The third-order valence-corrected chi connectivity index (χ3v) is 5.80. The molecule has 5 nitrogen and oxygen atoms in total. The van der Waals surface area contributed by atoms with Gasteiger partial charge < -0.3 is 10.6 Å². The number of aromatic nitrogens is 1. The number of nitrogens with zero attached hydrogens (tertiary/aromatic N) is 3. The van der Waals surface area contributed by atoms with Gasteiger partial charge in [-0.3, -0.25) is 9.89 Å². The van der Waals surface area contributed by atoms with Crippen LogP contribution in [-0.4, -0.2) is 48.1 Å². The van der Waals surface area contributed by atoms with Crippen molar-refractivity contribution in [3.63, 3.8) is 0 Å². The van der Waals surface area contributed by atoms with Crippen LogP contribution in [0, 0.1) is 0 Å². The zero-order valence-electron chi connectivity index (χ0n) is 14.6. The third kappa shape index (κ3) is 4.19. The lowest BCUT2D eigenvalue weighted by molar-refractivity contribution is 0.321. The maximum atomic E-state index is 4.73. The molecule has 25 heavy (non-hydrogen) atoms. The first-order valence-electron chi connectivity index (χ1n) is 9.03. The molecule has 1 atom stereocenters. The second kappa shape index (κ2) is 7.54. The summed E-state index contributed by atoms with van der Waals surface area (Å²) in [5, 5.41) is 10.1. The molecular weight excluding hydrogens is 330 g/mol. The average Bonchev–Trinajstić information content (AvgIpc) is 3.21. The van der Waals surface area contributed by atoms with Crippen molar-refractivity contribution in [1.82, 2.24) is 20.5 Å². The first-order valence-corrected chi connectivity index (χ1v) is 9.91. The van der Waals surface area contributed by atoms with Crippen LogP contribution in [0.5, 0.6) is 0 Å². The van der Waals surface area contributed by atoms with E-state index in [0.29, 0.717) is 12.6 Å². The highest BCUT2D eigenvalue weighted by Gasteiger charge is 2.34. The number of hydrogen-bond acceptors (Lipinski definition) is 4. The van der Waals surface area contributed by atoms with Gasteiger partial charge in [-0.25, -0.2) is 4.98 Å². The van der Waals surface area contributed by atoms with E-state index in [2.05, 4.69) is 38.0 Å². The molecule has 2 heterocycles. The van der Waals surface area contributed by atoms with Crippen molar-refractivity contribution in [3.8, 4) is 10.6 Å². The lowest BCUT2D eigenvalue weighted by Gasteiger charge is -2.18. The van der Waals surface area contributed by atoms with Gasteiger partial charge in [0.2, 0.25) is 0 Å². The van der Waals surface area contributed by atoms with Crippen molar-refractivity contribution in [3.05, 3.63) is 41.4 Å². The topological polar surface area (TPSA) is 52.6 Å². The van der Waals surface area contributed by atoms with E-state index in [-0.39, 0.29) is 0 Å². The molecule has 1 aromatic heterocycles. The zero-order valence-corrected chi connectivity index (χ0v) is 15.4. The summed E-state index contributed by atoms with van der Waals surface area (Å²) in [4.78, 5) is 11.7. The number of benzene rings is 1. The Labute approximate surface area is 153 Å². The van der Waals surface area contributed by atoms with Crippen LogP contribution in [0.2, 0.25) is 0 Å². The van der Waals surface area contributed by atoms with Crippen LogP contribution < -0.4 is 10.6 Å². The molecule has 0 spiro atoms. The molecule has 1 unspecified atom stereocenters. The molecule has 0 amide bonds. The highest BCUT2D eigenvalue weighted by atomic mass is 32.1. The predicted molar refractivity (Wildman–Crippen MR) is 104 cm³/mol. The fraction of sp³-hybridized carbons (Fsp3) is 0.474. The van der Waals surface area contributed by atoms with Crippen LogP contribution in [-0.2, 0) is 6.54 Å². The maximum Gasteiger partial charge on any atom is 0.191 e. The van der Waals surface area contributed by atoms with Gasteiger partial charge in [0.05, 0.1) is 12.2 Å². The Balaban J connectivity index is 1.29. The molecule has 6 heteroatoms. The van der Waals surface area contributed by atoms with Crippen molar-refractivity contribution in [1.29, 1.82) is 0 Å². The van der Waals surface area contributed by atoms with Crippen LogP contribution >= 0.6 is 11.3 Å². The monoisotopic (exact) mass is 355 g/mol. The summed E-state index contributed by atoms with van der Waals surface area (Å²) in [5.41, 5.74) is 2.23. The van der Waals surface area contributed by atoms with Gasteiger partial charge in [-0.2, -0.15) is 0 Å². The lowest BCUT2D eigenvalue weighted by atomic mass is 10.2. The molecule has 1 aromatic carbocycles. The molecule has 2 aromatic rings. The molecule has 1 aliphatic heterocycles. The highest BCUT2D eigenvalue weighted by molar-refractivity contribution is 7.13. The Bertz CT molecular complexity index is 722. The fourth-order valence-corrected chi connectivity index (χ4v) is 4.17. The van der Waals surface area contributed by atoms with Crippen molar-refractivity contribution in [2.24, 2.45) is 4.99 Å². The van der Waals surface area contributed by atoms with E-state index >= 15 is 0 Å². The van der Waals surface area contributed by atoms with E-state index in [1.165, 1.54) is 31.4 Å². The lowest BCUT2D eigenvalue weighted by Crippen LogP contribution is -2.44. The Hall–Kier alpha value is -1.92. The fourth-order valence-electron chi connectivity index (χ4n) is 3.34. The van der Waals surface area contributed by atoms with Crippen LogP contribution in [0.15, 0.2) is 40.7 Å². The van der Waals surface area contributed by atoms with Gasteiger partial charge in [0, 0.05) is 43.2 Å². The van der Waals surface area contributed by atoms with Gasteiger partial charge in [-0.15, -0.1) is 11.3 Å². The smallest absolute Gasteiger partial charge is 0.191 e. The number of nitrogens with one attached hydrogen (secondary N) is 2. The van der Waals surface area contributed by atoms with E-state index in [1.54, 1.807) is 11.3 Å². The zero-order chi connectivity index (χ0) is 17.1. The van der Waals surface area contributed by atoms with E-state index in [9.17, 15) is 0 Å². The second-order valence-electron chi connectivity index (χ2n) is 6.79. The SMILES string of the molecule is CN=C(NCc1csc(-c2ccccc2)n1)NC1CCN(C2CC2)C1. The van der Waals surface area contributed by atoms with Crippen LogP contribution in [0.25, 0.3) is 10.6 Å². The molecule has 2 aliphatic rings. The van der Waals surface area contributed by atoms with Gasteiger partial charge >= 0.3 is 0 Å². The summed E-state index contributed by atoms with van der Waals surface area (Å²) in [6, 6.07) is 11.7. The summed E-state index contributed by atoms with van der Waals surface area (Å²) in [5.74, 6) is 0.872. The minimum atomic E-state index is 0.502. The minimum Gasteiger partial charge on any atom is -0.352 e. The predicted octanol–water partition coefficient (Wildman–Crippen LogP) is 2.71. The number of hydrogen-bond donors (Lipinski definition) is 2. The standard InChI is InChI=1S/C19H25N5S/c1-20-19(23-15-9-10-24(12-15)17-7-8-17)21-11-16-13-25-18(22-16)14-5-3-2-4-6-14/h2-6,13,15,17H,7-12H2,1H3,(H2,20,21,23). The number of rotatable bonds is 5. The van der Waals surface area contributed by atoms with Gasteiger partial charge in [-0.05, 0) is 19.3 Å². The number of aliphatic imine (C=N–C) groups is 1. The van der Waals surface area contributed by atoms with Crippen molar-refractivity contribution in [2.75, 3.05) is 20.1 Å². The van der Waals surface area contributed by atoms with Gasteiger partial charge in [0.15, 0.2) is 5.96 Å². The van der Waals surface area contributed by atoms with E-state index in [4.69, 9.17) is 4.98 Å². The van der Waals surface area contributed by atoms with Gasteiger partial charge in [0.25, 0.3) is 0 Å². The van der Waals surface area contributed by atoms with Crippen LogP contribution in [0.1, 0.15) is 25.0 Å². The molecule has 1 saturated heterocycles. The molecule has 2 N–H and O–H groups in total. The van der Waals surface area contributed by atoms with Crippen molar-refractivity contribution in [2.45, 2.75) is 37.9 Å². The molecule has 0 radical (unpaired) electrons. The normalized spacial score (nSPS) is 21.5. The molecule has 2 fully saturated rings. The third-order valence-electron chi connectivity index (χ3n) is 4.86. The molecule has 0 bridgehead atoms. The molecule has 4 rings (SSSR count). The first kappa shape index (κ1) is 16.5. The first-order chi connectivity index (χ1) is 12.3. The summed E-state index contributed by atoms with van der Waals surface area (Å²) in [7, 11) is 1.83. The van der Waals surface area contributed by atoms with Crippen molar-refractivity contribution >= 4 is 17.3 Å². The summed E-state index contributed by atoms with van der Waals surface area (Å²) < 4.78 is 0. The molecule has 132 valence electrons. The van der Waals surface area contributed by atoms with Crippen LogP contribution in [0.4, 0.5) is 0 Å². The van der Waals surface area contributed by atoms with Gasteiger partial charge in [0.1, 0.15) is 5.01 Å². The summed E-state index contributed by atoms with van der Waals surface area (Å²) >= 11 is 1.69. The molecule has 1 saturated carbocycles. The molecular formula is C19H25N5S. The quantitative estimate of drug-likeness (QED) is 0.640. The van der Waals surface area contributed by atoms with E-state index in [0.717, 1.165) is 29.2 Å². The summed E-state index contributed by atoms with van der Waals surface area (Å²) in [6.07, 6.45) is 3.96. The number of thiazole rings is 1. The minimum absolute atomic E-state index is 0.502. The number of likely N-dealkylation sites (tertiary alicyclic amines) is 1. The second-order valence-corrected chi connectivity index (χ2v) is 7.65. The summed E-state index contributed by atoms with van der Waals surface area (Å²) in [6.45, 7) is 3.05. The molecule has 1 aliphatic carbocycles. The van der Waals surface area contributed by atoms with Gasteiger partial charge in [-0.1, -0.05) is 30.3 Å². The Morgan fingerprint density at radius 3 is 2.88 bits per heavy atom. The van der Waals surface area contributed by atoms with E-state index < -0.39 is 0 Å². The largest absolute Gasteiger partial charge is 0.352 e. The van der Waals surface area contributed by atoms with E-state index in [1.807, 2.05) is 25.2 Å². The van der Waals surface area contributed by atoms with Crippen molar-refractivity contribution < 1.29 is 0 Å². The van der Waals surface area contributed by atoms with Crippen LogP contribution in [0.3, 0.4) is 0 Å². The Morgan fingerprint density at radius 1 is 1.28 bits per heavy atom. The number of guanidine groups is 1.